The first-order chi connectivity index (χ1) is 18.0. The molecule has 9 nitrogen and oxygen atoms in total. The molecular formula is C28H33N5O4. The zero-order valence-electron chi connectivity index (χ0n) is 21.6. The van der Waals surface area contributed by atoms with Gasteiger partial charge in [0.05, 0.1) is 43.4 Å². The molecule has 0 spiro atoms. The van der Waals surface area contributed by atoms with Gasteiger partial charge in [-0.1, -0.05) is 24.1 Å². The van der Waals surface area contributed by atoms with E-state index < -0.39 is 0 Å². The maximum Gasteiger partial charge on any atom is 0.309 e. The number of hydrogen-bond acceptors (Lipinski definition) is 9. The molecule has 2 aliphatic rings. The summed E-state index contributed by atoms with van der Waals surface area (Å²) in [6.45, 7) is 4.23. The van der Waals surface area contributed by atoms with Crippen molar-refractivity contribution in [3.05, 3.63) is 47.7 Å². The zero-order valence-corrected chi connectivity index (χ0v) is 21.6. The number of methoxy groups -OCH3 is 1. The Bertz CT molecular complexity index is 1300. The minimum Gasteiger partial charge on any atom is -0.491 e. The van der Waals surface area contributed by atoms with Crippen LogP contribution in [0.25, 0.3) is 17.0 Å². The number of pyridine rings is 1. The number of allylic oxidation sites excluding steroid dienone is 2. The van der Waals surface area contributed by atoms with Crippen molar-refractivity contribution in [1.82, 2.24) is 20.1 Å². The summed E-state index contributed by atoms with van der Waals surface area (Å²) in [5.41, 5.74) is 4.90. The van der Waals surface area contributed by atoms with Crippen LogP contribution >= 0.6 is 0 Å². The number of carbonyl (C=O) groups is 1. The van der Waals surface area contributed by atoms with Crippen LogP contribution in [0.2, 0.25) is 0 Å². The molecule has 1 saturated carbocycles. The Morgan fingerprint density at radius 3 is 2.73 bits per heavy atom. The van der Waals surface area contributed by atoms with Crippen LogP contribution in [-0.2, 0) is 9.53 Å². The summed E-state index contributed by atoms with van der Waals surface area (Å²) in [6.07, 6.45) is 12.9. The Kier molecular flexibility index (Phi) is 7.48. The molecule has 2 aliphatic carbocycles. The first-order valence-corrected chi connectivity index (χ1v) is 13.0. The van der Waals surface area contributed by atoms with E-state index in [9.17, 15) is 4.79 Å². The molecule has 1 fully saturated rings. The lowest BCUT2D eigenvalue weighted by Crippen LogP contribution is -2.32. The first-order valence-electron chi connectivity index (χ1n) is 13.0. The van der Waals surface area contributed by atoms with Gasteiger partial charge in [-0.05, 0) is 63.7 Å². The van der Waals surface area contributed by atoms with Crippen LogP contribution in [0, 0.1) is 25.7 Å². The highest BCUT2D eigenvalue weighted by molar-refractivity contribution is 5.76. The number of ether oxygens (including phenoxy) is 2. The molecule has 194 valence electrons. The SMILES string of the molecule is COC(=O)[C@H]1CCCC[C@@H]1COc1ccc(-c2onc(C)c2Nc2cncc(C3=CCCC3)n2)nc1C. The minimum absolute atomic E-state index is 0.108. The van der Waals surface area contributed by atoms with Crippen molar-refractivity contribution in [3.63, 3.8) is 0 Å². The summed E-state index contributed by atoms with van der Waals surface area (Å²) in [7, 11) is 1.45. The summed E-state index contributed by atoms with van der Waals surface area (Å²) in [5.74, 6) is 1.73. The van der Waals surface area contributed by atoms with Crippen LogP contribution in [0.4, 0.5) is 11.5 Å². The van der Waals surface area contributed by atoms with Crippen molar-refractivity contribution in [1.29, 1.82) is 0 Å². The normalized spacial score (nSPS) is 19.4. The van der Waals surface area contributed by atoms with E-state index >= 15 is 0 Å². The highest BCUT2D eigenvalue weighted by Crippen LogP contribution is 2.35. The van der Waals surface area contributed by atoms with E-state index in [1.807, 2.05) is 26.0 Å². The van der Waals surface area contributed by atoms with Gasteiger partial charge in [0, 0.05) is 5.92 Å². The molecule has 0 bridgehead atoms. The standard InChI is InChI=1S/C28H33N5O4/c1-17-24(36-16-20-10-6-7-11-21(20)28(34)35-3)13-12-22(30-17)27-26(18(2)33-37-27)32-25-15-29-14-23(31-25)19-8-4-5-9-19/h8,12-15,20-21H,4-7,9-11,16H2,1-3H3,(H,31,32)/t20-,21+/m1/s1. The molecule has 0 amide bonds. The molecule has 1 N–H and O–H groups in total. The van der Waals surface area contributed by atoms with Gasteiger partial charge in [0.25, 0.3) is 0 Å². The van der Waals surface area contributed by atoms with E-state index in [4.69, 9.17) is 24.0 Å². The first kappa shape index (κ1) is 24.9. The molecule has 37 heavy (non-hydrogen) atoms. The largest absolute Gasteiger partial charge is 0.491 e. The number of carbonyl (C=O) groups excluding carboxylic acids is 1. The Morgan fingerprint density at radius 1 is 1.08 bits per heavy atom. The number of aromatic nitrogens is 4. The lowest BCUT2D eigenvalue weighted by Gasteiger charge is -2.29. The number of hydrogen-bond donors (Lipinski definition) is 1. The number of nitrogens with zero attached hydrogens (tertiary/aromatic N) is 4. The van der Waals surface area contributed by atoms with Crippen LogP contribution in [0.1, 0.15) is 62.0 Å². The van der Waals surface area contributed by atoms with E-state index in [2.05, 4.69) is 21.5 Å². The van der Waals surface area contributed by atoms with Crippen LogP contribution in [0.15, 0.2) is 35.1 Å². The van der Waals surface area contributed by atoms with Crippen molar-refractivity contribution < 1.29 is 18.8 Å². The van der Waals surface area contributed by atoms with E-state index in [0.29, 0.717) is 41.0 Å². The fraction of sp³-hybridized carbons (Fsp3) is 0.464. The quantitative estimate of drug-likeness (QED) is 0.380. The number of rotatable bonds is 8. The lowest BCUT2D eigenvalue weighted by molar-refractivity contribution is -0.149. The summed E-state index contributed by atoms with van der Waals surface area (Å²) < 4.78 is 16.8. The van der Waals surface area contributed by atoms with Crippen LogP contribution in [0.3, 0.4) is 0 Å². The second kappa shape index (κ2) is 11.1. The van der Waals surface area contributed by atoms with E-state index in [1.54, 1.807) is 12.4 Å². The minimum atomic E-state index is -0.144. The topological polar surface area (TPSA) is 112 Å². The van der Waals surface area contributed by atoms with Gasteiger partial charge in [-0.3, -0.25) is 9.78 Å². The average Bonchev–Trinajstić information content (AvgIpc) is 3.59. The maximum absolute atomic E-state index is 12.2. The molecule has 0 aliphatic heterocycles. The molecule has 5 rings (SSSR count). The van der Waals surface area contributed by atoms with Gasteiger partial charge < -0.3 is 19.3 Å². The molecular weight excluding hydrogens is 470 g/mol. The number of esters is 1. The average molecular weight is 504 g/mol. The van der Waals surface area contributed by atoms with Gasteiger partial charge in [-0.15, -0.1) is 0 Å². The fourth-order valence-corrected chi connectivity index (χ4v) is 5.20. The maximum atomic E-state index is 12.2. The summed E-state index contributed by atoms with van der Waals surface area (Å²) in [5, 5.41) is 7.49. The van der Waals surface area contributed by atoms with E-state index in [1.165, 1.54) is 12.7 Å². The summed E-state index contributed by atoms with van der Waals surface area (Å²) in [6, 6.07) is 3.75. The monoisotopic (exact) mass is 503 g/mol. The van der Waals surface area contributed by atoms with E-state index in [-0.39, 0.29) is 17.8 Å². The Hall–Kier alpha value is -3.75. The molecule has 0 aromatic carbocycles. The van der Waals surface area contributed by atoms with Crippen LogP contribution < -0.4 is 10.1 Å². The highest BCUT2D eigenvalue weighted by atomic mass is 16.5. The van der Waals surface area contributed by atoms with Crippen LogP contribution in [0.5, 0.6) is 5.75 Å². The van der Waals surface area contributed by atoms with Gasteiger partial charge in [-0.2, -0.15) is 0 Å². The van der Waals surface area contributed by atoms with Gasteiger partial charge >= 0.3 is 5.97 Å². The predicted molar refractivity (Wildman–Crippen MR) is 139 cm³/mol. The lowest BCUT2D eigenvalue weighted by atomic mass is 9.80. The molecule has 3 heterocycles. The van der Waals surface area contributed by atoms with Gasteiger partial charge in [0.1, 0.15) is 28.6 Å². The predicted octanol–water partition coefficient (Wildman–Crippen LogP) is 5.81. The number of anilines is 2. The molecule has 0 saturated heterocycles. The third-order valence-corrected chi connectivity index (χ3v) is 7.26. The summed E-state index contributed by atoms with van der Waals surface area (Å²) >= 11 is 0. The third-order valence-electron chi connectivity index (χ3n) is 7.26. The van der Waals surface area contributed by atoms with Gasteiger partial charge in [0.2, 0.25) is 5.76 Å². The van der Waals surface area contributed by atoms with E-state index in [0.717, 1.165) is 56.3 Å². The van der Waals surface area contributed by atoms with Crippen molar-refractivity contribution >= 4 is 23.0 Å². The fourth-order valence-electron chi connectivity index (χ4n) is 5.20. The molecule has 0 radical (unpaired) electrons. The zero-order chi connectivity index (χ0) is 25.8. The molecule has 0 unspecified atom stereocenters. The van der Waals surface area contributed by atoms with Gasteiger partial charge in [0.15, 0.2) is 0 Å². The Labute approximate surface area is 216 Å². The second-order valence-corrected chi connectivity index (χ2v) is 9.77. The van der Waals surface area contributed by atoms with Crippen molar-refractivity contribution in [2.24, 2.45) is 11.8 Å². The van der Waals surface area contributed by atoms with Crippen molar-refractivity contribution in [2.45, 2.75) is 58.8 Å². The molecule has 3 aromatic heterocycles. The van der Waals surface area contributed by atoms with Gasteiger partial charge in [-0.25, -0.2) is 9.97 Å². The smallest absolute Gasteiger partial charge is 0.309 e. The number of nitrogens with one attached hydrogen (secondary N) is 1. The Morgan fingerprint density at radius 2 is 1.95 bits per heavy atom. The molecule has 2 atom stereocenters. The molecule has 9 heteroatoms. The number of aryl methyl sites for hydroxylation is 2. The second-order valence-electron chi connectivity index (χ2n) is 9.77. The summed E-state index contributed by atoms with van der Waals surface area (Å²) in [4.78, 5) is 26.0. The van der Waals surface area contributed by atoms with Crippen LogP contribution in [-0.4, -0.2) is 39.8 Å². The Balaban J connectivity index is 1.31. The highest BCUT2D eigenvalue weighted by Gasteiger charge is 2.32. The third kappa shape index (κ3) is 5.50. The molecule has 3 aromatic rings. The van der Waals surface area contributed by atoms with Crippen molar-refractivity contribution in [3.8, 4) is 17.2 Å². The van der Waals surface area contributed by atoms with Crippen molar-refractivity contribution in [2.75, 3.05) is 19.0 Å².